The number of benzene rings is 3. The molecule has 0 aliphatic heterocycles. The maximum atomic E-state index is 14.1. The summed E-state index contributed by atoms with van der Waals surface area (Å²) in [4.78, 5) is 29.2. The van der Waals surface area contributed by atoms with Gasteiger partial charge in [-0.05, 0) is 49.1 Å². The standard InChI is InChI=1S/C30H36ClN3O4S/c1-5-23(3)32-30(36)28(19-24-14-7-6-8-15-24)33(20-25-16-10-11-17-26(25)31)29(35)21-34(39(4,37)38)27-18-12-9-13-22(27)2/h6-18,23,28H,5,19-21H2,1-4H3,(H,32,36)/t23-,28-/m1/s1. The Morgan fingerprint density at radius 2 is 1.56 bits per heavy atom. The van der Waals surface area contributed by atoms with Crippen LogP contribution < -0.4 is 9.62 Å². The van der Waals surface area contributed by atoms with Crippen molar-refractivity contribution in [1.82, 2.24) is 10.2 Å². The van der Waals surface area contributed by atoms with Crippen LogP contribution in [0.15, 0.2) is 78.9 Å². The lowest BCUT2D eigenvalue weighted by molar-refractivity contribution is -0.140. The van der Waals surface area contributed by atoms with Gasteiger partial charge in [0, 0.05) is 24.0 Å². The molecule has 2 atom stereocenters. The molecule has 3 aromatic carbocycles. The van der Waals surface area contributed by atoms with Gasteiger partial charge in [0.05, 0.1) is 11.9 Å². The molecule has 0 aliphatic rings. The number of amides is 2. The molecule has 2 amide bonds. The quantitative estimate of drug-likeness (QED) is 0.334. The third-order valence-corrected chi connectivity index (χ3v) is 8.13. The first-order chi connectivity index (χ1) is 18.5. The number of halogens is 1. The van der Waals surface area contributed by atoms with Crippen LogP contribution >= 0.6 is 11.6 Å². The summed E-state index contributed by atoms with van der Waals surface area (Å²) < 4.78 is 26.9. The molecule has 0 unspecified atom stereocenters. The van der Waals surface area contributed by atoms with E-state index in [-0.39, 0.29) is 24.9 Å². The average molecular weight is 570 g/mol. The fourth-order valence-corrected chi connectivity index (χ4v) is 5.35. The monoisotopic (exact) mass is 569 g/mol. The number of aryl methyl sites for hydroxylation is 1. The zero-order valence-electron chi connectivity index (χ0n) is 22.8. The Balaban J connectivity index is 2.08. The van der Waals surface area contributed by atoms with E-state index in [2.05, 4.69) is 5.32 Å². The van der Waals surface area contributed by atoms with E-state index in [0.717, 1.165) is 22.5 Å². The van der Waals surface area contributed by atoms with Crippen molar-refractivity contribution in [2.75, 3.05) is 17.1 Å². The van der Waals surface area contributed by atoms with E-state index >= 15 is 0 Å². The molecule has 7 nitrogen and oxygen atoms in total. The first-order valence-electron chi connectivity index (χ1n) is 12.9. The molecule has 0 spiro atoms. The Kier molecular flexibility index (Phi) is 10.5. The van der Waals surface area contributed by atoms with Crippen molar-refractivity contribution in [2.24, 2.45) is 0 Å². The average Bonchev–Trinajstić information content (AvgIpc) is 2.90. The lowest BCUT2D eigenvalue weighted by Gasteiger charge is -2.34. The summed E-state index contributed by atoms with van der Waals surface area (Å²) in [6, 6.07) is 22.5. The molecule has 3 aromatic rings. The smallest absolute Gasteiger partial charge is 0.244 e. The minimum Gasteiger partial charge on any atom is -0.352 e. The highest BCUT2D eigenvalue weighted by molar-refractivity contribution is 7.92. The lowest BCUT2D eigenvalue weighted by Crippen LogP contribution is -2.54. The number of hydrogen-bond acceptors (Lipinski definition) is 4. The number of para-hydroxylation sites is 1. The second-order valence-corrected chi connectivity index (χ2v) is 12.0. The number of nitrogens with zero attached hydrogens (tertiary/aromatic N) is 2. The van der Waals surface area contributed by atoms with Gasteiger partial charge in [0.2, 0.25) is 21.8 Å². The molecule has 0 heterocycles. The number of hydrogen-bond donors (Lipinski definition) is 1. The highest BCUT2D eigenvalue weighted by atomic mass is 35.5. The third kappa shape index (κ3) is 8.31. The molecule has 9 heteroatoms. The van der Waals surface area contributed by atoms with Crippen molar-refractivity contribution in [3.63, 3.8) is 0 Å². The number of anilines is 1. The second kappa shape index (κ2) is 13.6. The van der Waals surface area contributed by atoms with Gasteiger partial charge in [-0.1, -0.05) is 85.3 Å². The molecule has 0 fully saturated rings. The summed E-state index contributed by atoms with van der Waals surface area (Å²) in [7, 11) is -3.82. The SMILES string of the molecule is CC[C@@H](C)NC(=O)[C@@H](Cc1ccccc1)N(Cc1ccccc1Cl)C(=O)CN(c1ccccc1C)S(C)(=O)=O. The minimum absolute atomic E-state index is 0.0370. The summed E-state index contributed by atoms with van der Waals surface area (Å²) in [5, 5.41) is 3.47. The first kappa shape index (κ1) is 30.2. The normalized spacial score (nSPS) is 12.8. The van der Waals surface area contributed by atoms with Gasteiger partial charge in [-0.2, -0.15) is 0 Å². The molecule has 0 aliphatic carbocycles. The van der Waals surface area contributed by atoms with Crippen LogP contribution in [0, 0.1) is 6.92 Å². The number of nitrogens with one attached hydrogen (secondary N) is 1. The van der Waals surface area contributed by atoms with Crippen molar-refractivity contribution >= 4 is 39.1 Å². The summed E-state index contributed by atoms with van der Waals surface area (Å²) in [6.45, 7) is 5.24. The zero-order valence-corrected chi connectivity index (χ0v) is 24.4. The Morgan fingerprint density at radius 3 is 2.18 bits per heavy atom. The van der Waals surface area contributed by atoms with Crippen molar-refractivity contribution in [1.29, 1.82) is 0 Å². The van der Waals surface area contributed by atoms with Crippen LogP contribution in [0.4, 0.5) is 5.69 Å². The first-order valence-corrected chi connectivity index (χ1v) is 15.1. The number of rotatable bonds is 12. The number of carbonyl (C=O) groups is 2. The van der Waals surface area contributed by atoms with Gasteiger partial charge < -0.3 is 10.2 Å². The summed E-state index contributed by atoms with van der Waals surface area (Å²) in [5.41, 5.74) is 2.65. The fourth-order valence-electron chi connectivity index (χ4n) is 4.24. The van der Waals surface area contributed by atoms with Gasteiger partial charge in [-0.25, -0.2) is 8.42 Å². The predicted molar refractivity (Wildman–Crippen MR) is 157 cm³/mol. The molecule has 208 valence electrons. The maximum absolute atomic E-state index is 14.1. The summed E-state index contributed by atoms with van der Waals surface area (Å²) in [5.74, 6) is -0.820. The van der Waals surface area contributed by atoms with E-state index in [4.69, 9.17) is 11.6 Å². The highest BCUT2D eigenvalue weighted by Gasteiger charge is 2.34. The van der Waals surface area contributed by atoms with E-state index in [9.17, 15) is 18.0 Å². The van der Waals surface area contributed by atoms with E-state index in [1.54, 1.807) is 49.4 Å². The Hall–Kier alpha value is -3.36. The predicted octanol–water partition coefficient (Wildman–Crippen LogP) is 4.97. The fraction of sp³-hybridized carbons (Fsp3) is 0.333. The van der Waals surface area contributed by atoms with Crippen molar-refractivity contribution in [3.05, 3.63) is 101 Å². The van der Waals surface area contributed by atoms with E-state index in [0.29, 0.717) is 21.8 Å². The lowest BCUT2D eigenvalue weighted by atomic mass is 10.0. The van der Waals surface area contributed by atoms with E-state index in [1.807, 2.05) is 50.2 Å². The summed E-state index contributed by atoms with van der Waals surface area (Å²) in [6.07, 6.45) is 2.04. The van der Waals surface area contributed by atoms with Crippen LogP contribution in [0.3, 0.4) is 0 Å². The van der Waals surface area contributed by atoms with Gasteiger partial charge in [-0.3, -0.25) is 13.9 Å². The van der Waals surface area contributed by atoms with E-state index < -0.39 is 28.5 Å². The van der Waals surface area contributed by atoms with Gasteiger partial charge in [0.1, 0.15) is 12.6 Å². The van der Waals surface area contributed by atoms with Gasteiger partial charge in [-0.15, -0.1) is 0 Å². The molecule has 3 rings (SSSR count). The van der Waals surface area contributed by atoms with Crippen LogP contribution in [0.25, 0.3) is 0 Å². The van der Waals surface area contributed by atoms with Crippen molar-refractivity contribution in [3.8, 4) is 0 Å². The molecule has 1 N–H and O–H groups in total. The molecule has 0 aromatic heterocycles. The van der Waals surface area contributed by atoms with Crippen LogP contribution in [0.5, 0.6) is 0 Å². The maximum Gasteiger partial charge on any atom is 0.244 e. The zero-order chi connectivity index (χ0) is 28.6. The number of carbonyl (C=O) groups excluding carboxylic acids is 2. The highest BCUT2D eigenvalue weighted by Crippen LogP contribution is 2.25. The Bertz CT molecular complexity index is 1380. The van der Waals surface area contributed by atoms with Crippen LogP contribution in [-0.4, -0.2) is 50.0 Å². The number of sulfonamides is 1. The molecular formula is C30H36ClN3O4S. The minimum atomic E-state index is -3.82. The Morgan fingerprint density at radius 1 is 0.949 bits per heavy atom. The van der Waals surface area contributed by atoms with Gasteiger partial charge >= 0.3 is 0 Å². The largest absolute Gasteiger partial charge is 0.352 e. The van der Waals surface area contributed by atoms with Crippen LogP contribution in [-0.2, 0) is 32.6 Å². The van der Waals surface area contributed by atoms with Crippen LogP contribution in [0.2, 0.25) is 5.02 Å². The second-order valence-electron chi connectivity index (χ2n) is 9.69. The summed E-state index contributed by atoms with van der Waals surface area (Å²) >= 11 is 6.47. The molecule has 0 saturated carbocycles. The van der Waals surface area contributed by atoms with Gasteiger partial charge in [0.15, 0.2) is 0 Å². The molecule has 0 saturated heterocycles. The molecular weight excluding hydrogens is 534 g/mol. The third-order valence-electron chi connectivity index (χ3n) is 6.63. The molecule has 0 radical (unpaired) electrons. The van der Waals surface area contributed by atoms with E-state index in [1.165, 1.54) is 4.90 Å². The van der Waals surface area contributed by atoms with Crippen molar-refractivity contribution < 1.29 is 18.0 Å². The molecule has 39 heavy (non-hydrogen) atoms. The van der Waals surface area contributed by atoms with Crippen LogP contribution in [0.1, 0.15) is 37.0 Å². The Labute approximate surface area is 236 Å². The van der Waals surface area contributed by atoms with Crippen molar-refractivity contribution in [2.45, 2.75) is 52.2 Å². The van der Waals surface area contributed by atoms with Gasteiger partial charge in [0.25, 0.3) is 0 Å². The molecule has 0 bridgehead atoms. The topological polar surface area (TPSA) is 86.8 Å².